The summed E-state index contributed by atoms with van der Waals surface area (Å²) in [6, 6.07) is 0. The van der Waals surface area contributed by atoms with Gasteiger partial charge in [0.15, 0.2) is 0 Å². The van der Waals surface area contributed by atoms with Crippen LogP contribution >= 0.6 is 0 Å². The summed E-state index contributed by atoms with van der Waals surface area (Å²) >= 11 is 0. The highest BCUT2D eigenvalue weighted by Crippen LogP contribution is 2.30. The van der Waals surface area contributed by atoms with Crippen molar-refractivity contribution in [1.82, 2.24) is 4.90 Å². The van der Waals surface area contributed by atoms with E-state index in [4.69, 9.17) is 0 Å². The molecule has 1 rings (SSSR count). The summed E-state index contributed by atoms with van der Waals surface area (Å²) in [4.78, 5) is 12.6. The van der Waals surface area contributed by atoms with Gasteiger partial charge in [0.05, 0.1) is 19.5 Å². The lowest BCUT2D eigenvalue weighted by atomic mass is 9.83. The van der Waals surface area contributed by atoms with Gasteiger partial charge in [-0.15, -0.1) is 0 Å². The van der Waals surface area contributed by atoms with E-state index in [0.29, 0.717) is 0 Å². The maximum absolute atomic E-state index is 11.9. The van der Waals surface area contributed by atoms with Gasteiger partial charge < -0.3 is 10.0 Å². The van der Waals surface area contributed by atoms with Crippen molar-refractivity contribution in [2.45, 2.75) is 38.5 Å². The predicted octanol–water partition coefficient (Wildman–Crippen LogP) is 1.56. The minimum Gasteiger partial charge on any atom is -0.386 e. The lowest BCUT2D eigenvalue weighted by Crippen LogP contribution is -2.66. The number of halogens is 3. The van der Waals surface area contributed by atoms with Gasteiger partial charge in [0, 0.05) is 6.42 Å². The van der Waals surface area contributed by atoms with E-state index in [9.17, 15) is 23.1 Å². The van der Waals surface area contributed by atoms with E-state index in [1.807, 2.05) is 13.8 Å². The number of nitrogens with zero attached hydrogens (tertiary/aromatic N) is 1. The highest BCUT2D eigenvalue weighted by Gasteiger charge is 2.45. The highest BCUT2D eigenvalue weighted by atomic mass is 19.4. The van der Waals surface area contributed by atoms with Crippen molar-refractivity contribution in [2.75, 3.05) is 13.1 Å². The van der Waals surface area contributed by atoms with Crippen LogP contribution in [0.4, 0.5) is 13.2 Å². The van der Waals surface area contributed by atoms with E-state index in [-0.39, 0.29) is 19.0 Å². The molecule has 1 aliphatic heterocycles. The van der Waals surface area contributed by atoms with Gasteiger partial charge in [0.25, 0.3) is 0 Å². The van der Waals surface area contributed by atoms with E-state index in [2.05, 4.69) is 0 Å². The Morgan fingerprint density at radius 2 is 1.94 bits per heavy atom. The van der Waals surface area contributed by atoms with Crippen LogP contribution in [0.2, 0.25) is 0 Å². The molecular formula is C10H16F3NO2. The van der Waals surface area contributed by atoms with Crippen molar-refractivity contribution in [3.63, 3.8) is 0 Å². The van der Waals surface area contributed by atoms with Crippen LogP contribution in [0.15, 0.2) is 0 Å². The lowest BCUT2D eigenvalue weighted by molar-refractivity contribution is -0.170. The van der Waals surface area contributed by atoms with E-state index in [1.165, 1.54) is 4.90 Å². The maximum Gasteiger partial charge on any atom is 0.389 e. The molecule has 6 heteroatoms. The van der Waals surface area contributed by atoms with Crippen LogP contribution in [-0.4, -0.2) is 40.8 Å². The minimum absolute atomic E-state index is 0.000772. The number of hydrogen-bond donors (Lipinski definition) is 1. The fraction of sp³-hybridized carbons (Fsp3) is 0.900. The molecule has 1 heterocycles. The second-order valence-electron chi connectivity index (χ2n) is 4.62. The zero-order valence-electron chi connectivity index (χ0n) is 9.34. The quantitative estimate of drug-likeness (QED) is 0.812. The summed E-state index contributed by atoms with van der Waals surface area (Å²) in [5.41, 5.74) is -0.923. The molecule has 0 aromatic rings. The number of β-amino-alcohol motifs (C(OH)–C–C–N with tert-alkyl or cyclic N) is 1. The molecule has 0 aromatic heterocycles. The van der Waals surface area contributed by atoms with E-state index in [0.717, 1.165) is 0 Å². The number of amides is 1. The standard InChI is InChI=1S/C10H16F3NO2/c1-7(2)9(16)5-14(6-9)8(15)3-4-10(11,12)13/h7,16H,3-6H2,1-2H3. The number of aliphatic hydroxyl groups is 1. The van der Waals surface area contributed by atoms with E-state index in [1.54, 1.807) is 0 Å². The smallest absolute Gasteiger partial charge is 0.386 e. The average Bonchev–Trinajstić information content (AvgIpc) is 2.07. The molecule has 1 amide bonds. The van der Waals surface area contributed by atoms with Gasteiger partial charge in [-0.3, -0.25) is 4.79 Å². The predicted molar refractivity (Wildman–Crippen MR) is 51.7 cm³/mol. The van der Waals surface area contributed by atoms with E-state index < -0.39 is 30.5 Å². The van der Waals surface area contributed by atoms with Crippen LogP contribution in [0.3, 0.4) is 0 Å². The Labute approximate surface area is 92.2 Å². The second-order valence-corrected chi connectivity index (χ2v) is 4.62. The normalized spacial score (nSPS) is 19.8. The Bertz CT molecular complexity index is 270. The molecule has 1 N–H and O–H groups in total. The van der Waals surface area contributed by atoms with Crippen LogP contribution in [0.5, 0.6) is 0 Å². The van der Waals surface area contributed by atoms with Gasteiger partial charge in [-0.25, -0.2) is 0 Å². The second kappa shape index (κ2) is 4.24. The zero-order valence-corrected chi connectivity index (χ0v) is 9.34. The molecule has 94 valence electrons. The van der Waals surface area contributed by atoms with Crippen molar-refractivity contribution in [1.29, 1.82) is 0 Å². The Morgan fingerprint density at radius 1 is 1.44 bits per heavy atom. The Morgan fingerprint density at radius 3 is 2.31 bits per heavy atom. The summed E-state index contributed by atoms with van der Waals surface area (Å²) in [6.07, 6.45) is -5.92. The summed E-state index contributed by atoms with van der Waals surface area (Å²) in [7, 11) is 0. The average molecular weight is 239 g/mol. The maximum atomic E-state index is 11.9. The number of hydrogen-bond acceptors (Lipinski definition) is 2. The molecule has 1 aliphatic rings. The van der Waals surface area contributed by atoms with Gasteiger partial charge in [-0.05, 0) is 5.92 Å². The van der Waals surface area contributed by atoms with Crippen LogP contribution < -0.4 is 0 Å². The molecule has 0 aromatic carbocycles. The first-order chi connectivity index (χ1) is 7.14. The first-order valence-electron chi connectivity index (χ1n) is 5.21. The van der Waals surface area contributed by atoms with Gasteiger partial charge in [-0.2, -0.15) is 13.2 Å². The highest BCUT2D eigenvalue weighted by molar-refractivity contribution is 5.77. The molecular weight excluding hydrogens is 223 g/mol. The monoisotopic (exact) mass is 239 g/mol. The van der Waals surface area contributed by atoms with Crippen molar-refractivity contribution in [3.05, 3.63) is 0 Å². The first kappa shape index (κ1) is 13.3. The van der Waals surface area contributed by atoms with E-state index >= 15 is 0 Å². The summed E-state index contributed by atoms with van der Waals surface area (Å²) in [5, 5.41) is 9.82. The Balaban J connectivity index is 2.33. The lowest BCUT2D eigenvalue weighted by Gasteiger charge is -2.49. The number of likely N-dealkylation sites (tertiary alicyclic amines) is 1. The number of rotatable bonds is 3. The van der Waals surface area contributed by atoms with Crippen LogP contribution in [0.25, 0.3) is 0 Å². The van der Waals surface area contributed by atoms with Gasteiger partial charge >= 0.3 is 6.18 Å². The Hall–Kier alpha value is -0.780. The Kier molecular flexibility index (Phi) is 3.52. The molecule has 1 saturated heterocycles. The molecule has 16 heavy (non-hydrogen) atoms. The number of carbonyl (C=O) groups excluding carboxylic acids is 1. The van der Waals surface area contributed by atoms with Crippen LogP contribution in [0.1, 0.15) is 26.7 Å². The van der Waals surface area contributed by atoms with Gasteiger partial charge in [-0.1, -0.05) is 13.8 Å². The van der Waals surface area contributed by atoms with Crippen molar-refractivity contribution in [2.24, 2.45) is 5.92 Å². The molecule has 0 radical (unpaired) electrons. The van der Waals surface area contributed by atoms with Gasteiger partial charge in [0.1, 0.15) is 5.60 Å². The molecule has 0 spiro atoms. The SMILES string of the molecule is CC(C)C1(O)CN(C(=O)CCC(F)(F)F)C1. The number of alkyl halides is 3. The van der Waals surface area contributed by atoms with Crippen molar-refractivity contribution >= 4 is 5.91 Å². The fourth-order valence-corrected chi connectivity index (χ4v) is 1.56. The molecule has 0 saturated carbocycles. The zero-order chi connectivity index (χ0) is 12.6. The third-order valence-electron chi connectivity index (χ3n) is 2.98. The fourth-order valence-electron chi connectivity index (χ4n) is 1.56. The van der Waals surface area contributed by atoms with Crippen molar-refractivity contribution in [3.8, 4) is 0 Å². The first-order valence-corrected chi connectivity index (χ1v) is 5.21. The van der Waals surface area contributed by atoms with Gasteiger partial charge in [0.2, 0.25) is 5.91 Å². The molecule has 1 fully saturated rings. The molecule has 0 bridgehead atoms. The minimum atomic E-state index is -4.30. The molecule has 0 aliphatic carbocycles. The third kappa shape index (κ3) is 3.10. The topological polar surface area (TPSA) is 40.5 Å². The summed E-state index contributed by atoms with van der Waals surface area (Å²) < 4.78 is 35.6. The van der Waals surface area contributed by atoms with Crippen molar-refractivity contribution < 1.29 is 23.1 Å². The molecule has 0 unspecified atom stereocenters. The van der Waals surface area contributed by atoms with Crippen LogP contribution in [-0.2, 0) is 4.79 Å². The number of carbonyl (C=O) groups is 1. The summed E-state index contributed by atoms with van der Waals surface area (Å²) in [5.74, 6) is -0.540. The molecule has 3 nitrogen and oxygen atoms in total. The summed E-state index contributed by atoms with van der Waals surface area (Å²) in [6.45, 7) is 3.91. The van der Waals surface area contributed by atoms with Crippen LogP contribution in [0, 0.1) is 5.92 Å². The molecule has 0 atom stereocenters. The third-order valence-corrected chi connectivity index (χ3v) is 2.98. The largest absolute Gasteiger partial charge is 0.389 e.